The minimum atomic E-state index is 0.234. The average Bonchev–Trinajstić information content (AvgIpc) is 3.11. The van der Waals surface area contributed by atoms with Crippen molar-refractivity contribution in [3.63, 3.8) is 0 Å². The normalized spacial score (nSPS) is 20.2. The molecule has 0 aromatic heterocycles. The first-order chi connectivity index (χ1) is 11.4. The molecule has 0 spiro atoms. The molecule has 0 atom stereocenters. The molecule has 23 heavy (non-hydrogen) atoms. The summed E-state index contributed by atoms with van der Waals surface area (Å²) in [5.41, 5.74) is 0.234. The van der Waals surface area contributed by atoms with Crippen molar-refractivity contribution in [1.82, 2.24) is 4.90 Å². The van der Waals surface area contributed by atoms with E-state index >= 15 is 0 Å². The van der Waals surface area contributed by atoms with E-state index in [-0.39, 0.29) is 5.54 Å². The zero-order valence-corrected chi connectivity index (χ0v) is 15.5. The fourth-order valence-electron chi connectivity index (χ4n) is 4.00. The van der Waals surface area contributed by atoms with Crippen LogP contribution in [0.2, 0.25) is 0 Å². The molecule has 136 valence electrons. The first-order valence-electron chi connectivity index (χ1n) is 10.3. The van der Waals surface area contributed by atoms with Crippen LogP contribution in [0.15, 0.2) is 0 Å². The van der Waals surface area contributed by atoms with Crippen molar-refractivity contribution in [3.05, 3.63) is 0 Å². The highest BCUT2D eigenvalue weighted by atomic mass is 16.6. The van der Waals surface area contributed by atoms with Crippen LogP contribution < -0.4 is 0 Å². The Balaban J connectivity index is 1.34. The molecule has 2 aliphatic heterocycles. The summed E-state index contributed by atoms with van der Waals surface area (Å²) in [6.45, 7) is 5.60. The SMILES string of the molecule is CCCCCCCCCCCCCCCC12COCN1COC2. The molecule has 2 fully saturated rings. The van der Waals surface area contributed by atoms with Gasteiger partial charge in [0.1, 0.15) is 13.5 Å². The van der Waals surface area contributed by atoms with E-state index in [9.17, 15) is 0 Å². The molecule has 0 aliphatic carbocycles. The lowest BCUT2D eigenvalue weighted by atomic mass is 9.93. The first kappa shape index (κ1) is 19.2. The van der Waals surface area contributed by atoms with Gasteiger partial charge in [0.25, 0.3) is 0 Å². The van der Waals surface area contributed by atoms with Gasteiger partial charge in [0.2, 0.25) is 0 Å². The monoisotopic (exact) mass is 325 g/mol. The molecule has 0 unspecified atom stereocenters. The van der Waals surface area contributed by atoms with E-state index < -0.39 is 0 Å². The fraction of sp³-hybridized carbons (Fsp3) is 1.00. The Hall–Kier alpha value is -0.120. The van der Waals surface area contributed by atoms with Crippen LogP contribution in [0.25, 0.3) is 0 Å². The maximum absolute atomic E-state index is 5.62. The van der Waals surface area contributed by atoms with Gasteiger partial charge in [-0.3, -0.25) is 0 Å². The van der Waals surface area contributed by atoms with Crippen molar-refractivity contribution < 1.29 is 9.47 Å². The van der Waals surface area contributed by atoms with E-state index in [1.165, 1.54) is 89.9 Å². The van der Waals surface area contributed by atoms with Crippen LogP contribution in [0, 0.1) is 0 Å². The predicted molar refractivity (Wildman–Crippen MR) is 96.5 cm³/mol. The van der Waals surface area contributed by atoms with Gasteiger partial charge in [0, 0.05) is 0 Å². The number of nitrogens with zero attached hydrogens (tertiary/aromatic N) is 1. The predicted octanol–water partition coefficient (Wildman–Crippen LogP) is 5.48. The van der Waals surface area contributed by atoms with Crippen LogP contribution in [-0.2, 0) is 9.47 Å². The molecule has 0 amide bonds. The number of rotatable bonds is 14. The Morgan fingerprint density at radius 2 is 1.09 bits per heavy atom. The highest BCUT2D eigenvalue weighted by Gasteiger charge is 2.45. The van der Waals surface area contributed by atoms with E-state index in [0.29, 0.717) is 0 Å². The van der Waals surface area contributed by atoms with Crippen molar-refractivity contribution in [1.29, 1.82) is 0 Å². The molecule has 0 aromatic rings. The highest BCUT2D eigenvalue weighted by molar-refractivity contribution is 4.95. The largest absolute Gasteiger partial charge is 0.364 e. The zero-order chi connectivity index (χ0) is 16.2. The molecule has 0 bridgehead atoms. The number of unbranched alkanes of at least 4 members (excludes halogenated alkanes) is 12. The molecule has 0 saturated carbocycles. The molecule has 0 N–H and O–H groups in total. The van der Waals surface area contributed by atoms with Crippen LogP contribution >= 0.6 is 0 Å². The third-order valence-electron chi connectivity index (χ3n) is 5.65. The summed E-state index contributed by atoms with van der Waals surface area (Å²) in [4.78, 5) is 2.38. The lowest BCUT2D eigenvalue weighted by molar-refractivity contribution is 0.0695. The zero-order valence-electron chi connectivity index (χ0n) is 15.5. The van der Waals surface area contributed by atoms with Gasteiger partial charge in [-0.1, -0.05) is 90.4 Å². The summed E-state index contributed by atoms with van der Waals surface area (Å²) in [6, 6.07) is 0. The van der Waals surface area contributed by atoms with Crippen LogP contribution in [0.1, 0.15) is 96.8 Å². The lowest BCUT2D eigenvalue weighted by Crippen LogP contribution is -2.42. The van der Waals surface area contributed by atoms with E-state index in [2.05, 4.69) is 11.8 Å². The van der Waals surface area contributed by atoms with Gasteiger partial charge in [-0.2, -0.15) is 0 Å². The Labute approximate surface area is 144 Å². The molecule has 0 radical (unpaired) electrons. The van der Waals surface area contributed by atoms with Crippen LogP contribution in [0.3, 0.4) is 0 Å². The van der Waals surface area contributed by atoms with E-state index in [1.807, 2.05) is 0 Å². The fourth-order valence-corrected chi connectivity index (χ4v) is 4.00. The van der Waals surface area contributed by atoms with Gasteiger partial charge in [-0.15, -0.1) is 0 Å². The Morgan fingerprint density at radius 3 is 1.57 bits per heavy atom. The number of fused-ring (bicyclic) bond motifs is 1. The van der Waals surface area contributed by atoms with Gasteiger partial charge >= 0.3 is 0 Å². The smallest absolute Gasteiger partial charge is 0.101 e. The summed E-state index contributed by atoms with van der Waals surface area (Å²) in [6.07, 6.45) is 19.8. The minimum absolute atomic E-state index is 0.234. The van der Waals surface area contributed by atoms with Crippen molar-refractivity contribution in [2.45, 2.75) is 102 Å². The molecule has 3 nitrogen and oxygen atoms in total. The summed E-state index contributed by atoms with van der Waals surface area (Å²) >= 11 is 0. The molecule has 2 heterocycles. The second-order valence-electron chi connectivity index (χ2n) is 7.71. The highest BCUT2D eigenvalue weighted by Crippen LogP contribution is 2.33. The Morgan fingerprint density at radius 1 is 0.652 bits per heavy atom. The third-order valence-corrected chi connectivity index (χ3v) is 5.65. The van der Waals surface area contributed by atoms with E-state index in [4.69, 9.17) is 9.47 Å². The molecular weight excluding hydrogens is 286 g/mol. The molecule has 0 aromatic carbocycles. The maximum Gasteiger partial charge on any atom is 0.101 e. The second kappa shape index (κ2) is 11.4. The van der Waals surface area contributed by atoms with Crippen molar-refractivity contribution in [2.75, 3.05) is 26.7 Å². The molecule has 2 aliphatic rings. The maximum atomic E-state index is 5.62. The average molecular weight is 326 g/mol. The number of ether oxygens (including phenoxy) is 2. The van der Waals surface area contributed by atoms with Crippen LogP contribution in [0.5, 0.6) is 0 Å². The first-order valence-corrected chi connectivity index (χ1v) is 10.3. The summed E-state index contributed by atoms with van der Waals surface area (Å²) in [7, 11) is 0. The third kappa shape index (κ3) is 6.72. The quantitative estimate of drug-likeness (QED) is 0.394. The number of hydrogen-bond donors (Lipinski definition) is 0. The van der Waals surface area contributed by atoms with Gasteiger partial charge in [-0.25, -0.2) is 4.90 Å². The van der Waals surface area contributed by atoms with Gasteiger partial charge in [-0.05, 0) is 6.42 Å². The molecule has 3 heteroatoms. The van der Waals surface area contributed by atoms with E-state index in [1.54, 1.807) is 0 Å². The number of hydrogen-bond acceptors (Lipinski definition) is 3. The van der Waals surface area contributed by atoms with Crippen LogP contribution in [0.4, 0.5) is 0 Å². The van der Waals surface area contributed by atoms with Crippen molar-refractivity contribution in [3.8, 4) is 0 Å². The summed E-state index contributed by atoms with van der Waals surface area (Å²) < 4.78 is 11.2. The topological polar surface area (TPSA) is 21.7 Å². The van der Waals surface area contributed by atoms with Crippen molar-refractivity contribution in [2.24, 2.45) is 0 Å². The van der Waals surface area contributed by atoms with Gasteiger partial charge < -0.3 is 9.47 Å². The lowest BCUT2D eigenvalue weighted by Gasteiger charge is -2.27. The van der Waals surface area contributed by atoms with E-state index in [0.717, 1.165) is 26.7 Å². The Bertz CT molecular complexity index is 285. The molecule has 2 saturated heterocycles. The summed E-state index contributed by atoms with van der Waals surface area (Å²) in [5.74, 6) is 0. The van der Waals surface area contributed by atoms with Crippen molar-refractivity contribution >= 4 is 0 Å². The van der Waals surface area contributed by atoms with Gasteiger partial charge in [0.15, 0.2) is 0 Å². The minimum Gasteiger partial charge on any atom is -0.364 e. The van der Waals surface area contributed by atoms with Crippen LogP contribution in [-0.4, -0.2) is 37.1 Å². The van der Waals surface area contributed by atoms with Gasteiger partial charge in [0.05, 0.1) is 18.8 Å². The molecule has 2 rings (SSSR count). The second-order valence-corrected chi connectivity index (χ2v) is 7.71. The summed E-state index contributed by atoms with van der Waals surface area (Å²) in [5, 5.41) is 0. The molecular formula is C20H39NO2. The Kier molecular flexibility index (Phi) is 9.55. The standard InChI is InChI=1S/C20H39NO2/c1-2-3-4-5-6-7-8-9-10-11-12-13-14-15-20-16-22-18-21(20)19-23-17-20/h2-19H2,1H3.